The van der Waals surface area contributed by atoms with Crippen LogP contribution in [-0.4, -0.2) is 13.9 Å². The fraction of sp³-hybridized carbons (Fsp3) is 0.389. The molecule has 20 heavy (non-hydrogen) atoms. The lowest BCUT2D eigenvalue weighted by Gasteiger charge is -2.34. The number of Topliss-reactive ketones (excluding diaryl/α,β-unsaturated/α-hetero) is 1. The second-order valence-corrected chi connectivity index (χ2v) is 11.1. The molecular weight excluding hydrogens is 260 g/mol. The standard InChI is InChI=1S/C18H24OSi/c1-14(2)18(19)16-12-8-9-13-17(16)20(3,4)15-10-6-5-7-11-15/h5-7,9-14,17H,8H2,1-4H3. The molecule has 0 radical (unpaired) electrons. The SMILES string of the molecule is CC(C)C(=O)C1=CCC=CC1[Si](C)(C)c1ccccc1. The second-order valence-electron chi connectivity index (χ2n) is 6.41. The van der Waals surface area contributed by atoms with Crippen molar-refractivity contribution in [3.8, 4) is 0 Å². The normalized spacial score (nSPS) is 19.1. The van der Waals surface area contributed by atoms with E-state index in [0.29, 0.717) is 11.3 Å². The first-order valence-corrected chi connectivity index (χ1v) is 10.5. The van der Waals surface area contributed by atoms with E-state index in [1.165, 1.54) is 5.19 Å². The highest BCUT2D eigenvalue weighted by atomic mass is 28.3. The molecule has 0 amide bonds. The van der Waals surface area contributed by atoms with Crippen LogP contribution in [0.1, 0.15) is 20.3 Å². The van der Waals surface area contributed by atoms with Gasteiger partial charge in [0.1, 0.15) is 0 Å². The zero-order valence-corrected chi connectivity index (χ0v) is 13.9. The Morgan fingerprint density at radius 2 is 1.85 bits per heavy atom. The largest absolute Gasteiger partial charge is 0.294 e. The third kappa shape index (κ3) is 2.85. The fourth-order valence-electron chi connectivity index (χ4n) is 2.90. The Kier molecular flexibility index (Phi) is 4.44. The van der Waals surface area contributed by atoms with E-state index in [1.54, 1.807) is 0 Å². The van der Waals surface area contributed by atoms with Crippen molar-refractivity contribution in [1.29, 1.82) is 0 Å². The van der Waals surface area contributed by atoms with Crippen LogP contribution in [0.15, 0.2) is 54.1 Å². The van der Waals surface area contributed by atoms with Crippen LogP contribution in [-0.2, 0) is 4.79 Å². The molecule has 2 rings (SSSR count). The molecule has 1 nitrogen and oxygen atoms in total. The molecule has 0 fully saturated rings. The molecule has 0 aromatic heterocycles. The summed E-state index contributed by atoms with van der Waals surface area (Å²) in [6.07, 6.45) is 7.52. The number of ketones is 1. The molecule has 1 aliphatic carbocycles. The predicted molar refractivity (Wildman–Crippen MR) is 89.0 cm³/mol. The first-order valence-electron chi connectivity index (χ1n) is 7.41. The summed E-state index contributed by atoms with van der Waals surface area (Å²) in [7, 11) is -1.73. The van der Waals surface area contributed by atoms with Gasteiger partial charge in [-0.25, -0.2) is 0 Å². The summed E-state index contributed by atoms with van der Waals surface area (Å²) >= 11 is 0. The molecule has 0 bridgehead atoms. The van der Waals surface area contributed by atoms with Crippen LogP contribution < -0.4 is 5.19 Å². The Morgan fingerprint density at radius 1 is 1.20 bits per heavy atom. The van der Waals surface area contributed by atoms with Crippen molar-refractivity contribution in [3.63, 3.8) is 0 Å². The van der Waals surface area contributed by atoms with Crippen LogP contribution in [0, 0.1) is 5.92 Å². The molecule has 0 spiro atoms. The Balaban J connectivity index is 2.38. The molecule has 1 aromatic rings. The number of hydrogen-bond acceptors (Lipinski definition) is 1. The number of rotatable bonds is 4. The van der Waals surface area contributed by atoms with E-state index in [9.17, 15) is 4.79 Å². The van der Waals surface area contributed by atoms with Gasteiger partial charge in [0.05, 0.1) is 8.07 Å². The molecule has 1 unspecified atom stereocenters. The van der Waals surface area contributed by atoms with Crippen LogP contribution in [0.25, 0.3) is 0 Å². The monoisotopic (exact) mass is 284 g/mol. The number of hydrogen-bond donors (Lipinski definition) is 0. The van der Waals surface area contributed by atoms with Crippen molar-refractivity contribution < 1.29 is 4.79 Å². The van der Waals surface area contributed by atoms with E-state index in [0.717, 1.165) is 12.0 Å². The molecule has 106 valence electrons. The van der Waals surface area contributed by atoms with Crippen LogP contribution >= 0.6 is 0 Å². The highest BCUT2D eigenvalue weighted by molar-refractivity contribution is 6.92. The minimum Gasteiger partial charge on any atom is -0.294 e. The molecule has 0 saturated heterocycles. The lowest BCUT2D eigenvalue weighted by molar-refractivity contribution is -0.118. The molecule has 1 atom stereocenters. The van der Waals surface area contributed by atoms with E-state index in [4.69, 9.17) is 0 Å². The maximum atomic E-state index is 12.5. The zero-order chi connectivity index (χ0) is 14.8. The van der Waals surface area contributed by atoms with Gasteiger partial charge in [0.15, 0.2) is 5.78 Å². The lowest BCUT2D eigenvalue weighted by atomic mass is 9.94. The van der Waals surface area contributed by atoms with Crippen molar-refractivity contribution in [3.05, 3.63) is 54.1 Å². The average Bonchev–Trinajstić information content (AvgIpc) is 2.47. The van der Waals surface area contributed by atoms with Gasteiger partial charge in [-0.15, -0.1) is 0 Å². The zero-order valence-electron chi connectivity index (χ0n) is 12.9. The molecule has 1 aromatic carbocycles. The van der Waals surface area contributed by atoms with Crippen molar-refractivity contribution in [2.45, 2.75) is 38.9 Å². The third-order valence-electron chi connectivity index (χ3n) is 4.24. The maximum Gasteiger partial charge on any atom is 0.161 e. The summed E-state index contributed by atoms with van der Waals surface area (Å²) in [5.74, 6) is 0.395. The van der Waals surface area contributed by atoms with Crippen molar-refractivity contribution in [1.82, 2.24) is 0 Å². The summed E-state index contributed by atoms with van der Waals surface area (Å²) in [5, 5.41) is 1.42. The van der Waals surface area contributed by atoms with Crippen LogP contribution in [0.5, 0.6) is 0 Å². The van der Waals surface area contributed by atoms with Gasteiger partial charge in [0, 0.05) is 11.5 Å². The van der Waals surface area contributed by atoms with E-state index in [1.807, 2.05) is 13.8 Å². The molecule has 2 heteroatoms. The third-order valence-corrected chi connectivity index (χ3v) is 8.12. The quantitative estimate of drug-likeness (QED) is 0.601. The van der Waals surface area contributed by atoms with Gasteiger partial charge < -0.3 is 0 Å². The smallest absolute Gasteiger partial charge is 0.161 e. The van der Waals surface area contributed by atoms with E-state index in [-0.39, 0.29) is 5.92 Å². The second kappa shape index (κ2) is 5.92. The summed E-state index contributed by atoms with van der Waals surface area (Å²) < 4.78 is 0. The Bertz CT molecular complexity index is 538. The molecular formula is C18H24OSi. The van der Waals surface area contributed by atoms with Crippen LogP contribution in [0.4, 0.5) is 0 Å². The number of benzene rings is 1. The van der Waals surface area contributed by atoms with Gasteiger partial charge in [0.2, 0.25) is 0 Å². The highest BCUT2D eigenvalue weighted by Crippen LogP contribution is 2.35. The topological polar surface area (TPSA) is 17.1 Å². The van der Waals surface area contributed by atoms with Crippen LogP contribution in [0.2, 0.25) is 18.6 Å². The first-order chi connectivity index (χ1) is 9.44. The Morgan fingerprint density at radius 3 is 2.45 bits per heavy atom. The highest BCUT2D eigenvalue weighted by Gasteiger charge is 2.37. The minimum atomic E-state index is -1.73. The van der Waals surface area contributed by atoms with E-state index in [2.05, 4.69) is 61.7 Å². The van der Waals surface area contributed by atoms with Gasteiger partial charge in [-0.2, -0.15) is 0 Å². The summed E-state index contributed by atoms with van der Waals surface area (Å²) in [4.78, 5) is 12.5. The van der Waals surface area contributed by atoms with Crippen molar-refractivity contribution in [2.24, 2.45) is 5.92 Å². The van der Waals surface area contributed by atoms with Gasteiger partial charge in [-0.3, -0.25) is 4.79 Å². The summed E-state index contributed by atoms with van der Waals surface area (Å²) in [5.41, 5.74) is 1.34. The Labute approximate surface area is 123 Å². The predicted octanol–water partition coefficient (Wildman–Crippen LogP) is 4.08. The Hall–Kier alpha value is -1.41. The van der Waals surface area contributed by atoms with E-state index < -0.39 is 8.07 Å². The molecule has 0 aliphatic heterocycles. The first kappa shape index (κ1) is 15.0. The number of allylic oxidation sites excluding steroid dienone is 4. The van der Waals surface area contributed by atoms with Gasteiger partial charge in [0.25, 0.3) is 0 Å². The van der Waals surface area contributed by atoms with Crippen molar-refractivity contribution >= 4 is 19.0 Å². The van der Waals surface area contributed by atoms with Crippen molar-refractivity contribution in [2.75, 3.05) is 0 Å². The van der Waals surface area contributed by atoms with Gasteiger partial charge >= 0.3 is 0 Å². The van der Waals surface area contributed by atoms with Gasteiger partial charge in [-0.1, -0.05) is 80.7 Å². The maximum absolute atomic E-state index is 12.5. The number of carbonyl (C=O) groups is 1. The molecule has 0 saturated carbocycles. The average molecular weight is 284 g/mol. The minimum absolute atomic E-state index is 0.0795. The fourth-order valence-corrected chi connectivity index (χ4v) is 5.97. The summed E-state index contributed by atoms with van der Waals surface area (Å²) in [6, 6.07) is 10.7. The van der Waals surface area contributed by atoms with Crippen LogP contribution in [0.3, 0.4) is 0 Å². The molecule has 0 N–H and O–H groups in total. The van der Waals surface area contributed by atoms with E-state index >= 15 is 0 Å². The molecule has 1 aliphatic rings. The summed E-state index contributed by atoms with van der Waals surface area (Å²) in [6.45, 7) is 8.72. The van der Waals surface area contributed by atoms with Gasteiger partial charge in [-0.05, 0) is 12.0 Å². The number of carbonyl (C=O) groups excluding carboxylic acids is 1. The molecule has 0 heterocycles. The lowest BCUT2D eigenvalue weighted by Crippen LogP contribution is -2.47.